The van der Waals surface area contributed by atoms with Crippen molar-refractivity contribution in [2.45, 2.75) is 13.5 Å². The summed E-state index contributed by atoms with van der Waals surface area (Å²) in [6.45, 7) is 9.02. The number of nitrogens with two attached hydrogens (primary N) is 1. The molecule has 0 saturated heterocycles. The molecule has 0 bridgehead atoms. The van der Waals surface area contributed by atoms with Crippen molar-refractivity contribution in [3.8, 4) is 0 Å². The van der Waals surface area contributed by atoms with Crippen molar-refractivity contribution in [1.29, 1.82) is 0 Å². The maximum absolute atomic E-state index is 11.9. The lowest BCUT2D eigenvalue weighted by Crippen LogP contribution is -2.06. The Morgan fingerprint density at radius 3 is 2.82 bits per heavy atom. The lowest BCUT2D eigenvalue weighted by atomic mass is 10.1. The van der Waals surface area contributed by atoms with Gasteiger partial charge in [0.05, 0.1) is 11.1 Å². The van der Waals surface area contributed by atoms with Crippen LogP contribution in [0.1, 0.15) is 11.4 Å². The molecule has 0 amide bonds. The fourth-order valence-corrected chi connectivity index (χ4v) is 1.99. The summed E-state index contributed by atoms with van der Waals surface area (Å²) in [4.78, 5) is 20.3. The zero-order valence-corrected chi connectivity index (χ0v) is 12.4. The number of aryl methyl sites for hydroxylation is 1. The van der Waals surface area contributed by atoms with Crippen molar-refractivity contribution in [3.63, 3.8) is 0 Å². The molecular weight excluding hydrogens is 278 g/mol. The van der Waals surface area contributed by atoms with Crippen LogP contribution >= 0.6 is 0 Å². The molecule has 1 aromatic heterocycles. The summed E-state index contributed by atoms with van der Waals surface area (Å²) in [6, 6.07) is 5.49. The van der Waals surface area contributed by atoms with E-state index in [0.29, 0.717) is 17.2 Å². The van der Waals surface area contributed by atoms with E-state index in [4.69, 9.17) is 10.5 Å². The van der Waals surface area contributed by atoms with Crippen LogP contribution in [0.15, 0.2) is 55.2 Å². The van der Waals surface area contributed by atoms with Crippen molar-refractivity contribution in [1.82, 2.24) is 9.97 Å². The molecule has 2 N–H and O–H groups in total. The lowest BCUT2D eigenvalue weighted by molar-refractivity contribution is -0.139. The molecule has 0 spiro atoms. The van der Waals surface area contributed by atoms with Crippen LogP contribution in [0, 0.1) is 6.92 Å². The van der Waals surface area contributed by atoms with Gasteiger partial charge < -0.3 is 10.5 Å². The minimum atomic E-state index is -0.455. The van der Waals surface area contributed by atoms with Gasteiger partial charge in [-0.3, -0.25) is 0 Å². The van der Waals surface area contributed by atoms with E-state index in [-0.39, 0.29) is 6.61 Å². The molecule has 0 aliphatic rings. The SMILES string of the molecule is C=C/C=C(\C=C)C(=O)OCc1ccc2nc(C)nc(N)c2c1. The van der Waals surface area contributed by atoms with Crippen LogP contribution in [0.2, 0.25) is 0 Å². The predicted octanol–water partition coefficient (Wildman–Crippen LogP) is 2.86. The number of anilines is 1. The van der Waals surface area contributed by atoms with Crippen LogP contribution in [0.3, 0.4) is 0 Å². The molecule has 1 aromatic carbocycles. The Balaban J connectivity index is 2.19. The number of allylic oxidation sites excluding steroid dienone is 2. The summed E-state index contributed by atoms with van der Waals surface area (Å²) in [5.74, 6) is 0.575. The number of hydrogen-bond donors (Lipinski definition) is 1. The highest BCUT2D eigenvalue weighted by Crippen LogP contribution is 2.20. The molecule has 0 aliphatic heterocycles. The van der Waals surface area contributed by atoms with E-state index in [0.717, 1.165) is 16.5 Å². The molecule has 0 saturated carbocycles. The lowest BCUT2D eigenvalue weighted by Gasteiger charge is -2.07. The first-order valence-electron chi connectivity index (χ1n) is 6.70. The van der Waals surface area contributed by atoms with E-state index in [2.05, 4.69) is 23.1 Å². The third-order valence-corrected chi connectivity index (χ3v) is 3.02. The first-order valence-corrected chi connectivity index (χ1v) is 6.70. The second-order valence-corrected chi connectivity index (χ2v) is 4.65. The number of rotatable bonds is 5. The number of nitrogens with zero attached hydrogens (tertiary/aromatic N) is 2. The number of carbonyl (C=O) groups excluding carboxylic acids is 1. The maximum atomic E-state index is 11.9. The highest BCUT2D eigenvalue weighted by molar-refractivity contribution is 5.92. The van der Waals surface area contributed by atoms with Gasteiger partial charge >= 0.3 is 5.97 Å². The summed E-state index contributed by atoms with van der Waals surface area (Å²) < 4.78 is 5.24. The first kappa shape index (κ1) is 15.4. The first-order chi connectivity index (χ1) is 10.5. The van der Waals surface area contributed by atoms with Crippen molar-refractivity contribution < 1.29 is 9.53 Å². The minimum absolute atomic E-state index is 0.129. The molecule has 2 rings (SSSR count). The van der Waals surface area contributed by atoms with Crippen LogP contribution in [-0.4, -0.2) is 15.9 Å². The second-order valence-electron chi connectivity index (χ2n) is 4.65. The summed E-state index contributed by atoms with van der Waals surface area (Å²) in [6.07, 6.45) is 4.48. The molecule has 0 unspecified atom stereocenters. The zero-order valence-electron chi connectivity index (χ0n) is 12.4. The predicted molar refractivity (Wildman–Crippen MR) is 87.0 cm³/mol. The smallest absolute Gasteiger partial charge is 0.338 e. The number of nitrogen functional groups attached to an aromatic ring is 1. The van der Waals surface area contributed by atoms with Gasteiger partial charge in [0.15, 0.2) is 0 Å². The Bertz CT molecular complexity index is 779. The summed E-state index contributed by atoms with van der Waals surface area (Å²) in [5.41, 5.74) is 7.82. The number of benzene rings is 1. The van der Waals surface area contributed by atoms with Gasteiger partial charge in [-0.15, -0.1) is 0 Å². The van der Waals surface area contributed by atoms with Gasteiger partial charge in [-0.25, -0.2) is 14.8 Å². The molecule has 0 aliphatic carbocycles. The van der Waals surface area contributed by atoms with Crippen LogP contribution in [0.4, 0.5) is 5.82 Å². The molecule has 2 aromatic rings. The van der Waals surface area contributed by atoms with Crippen LogP contribution in [-0.2, 0) is 16.1 Å². The number of esters is 1. The molecule has 5 heteroatoms. The van der Waals surface area contributed by atoms with Crippen LogP contribution in [0.25, 0.3) is 10.9 Å². The van der Waals surface area contributed by atoms with Gasteiger partial charge in [-0.05, 0) is 30.7 Å². The maximum Gasteiger partial charge on any atom is 0.338 e. The van der Waals surface area contributed by atoms with Crippen molar-refractivity contribution in [3.05, 3.63) is 66.5 Å². The van der Waals surface area contributed by atoms with E-state index in [1.807, 2.05) is 18.2 Å². The largest absolute Gasteiger partial charge is 0.457 e. The Labute approximate surface area is 128 Å². The number of hydrogen-bond acceptors (Lipinski definition) is 5. The Hall–Kier alpha value is -2.95. The summed E-state index contributed by atoms with van der Waals surface area (Å²) in [5, 5.41) is 0.740. The van der Waals surface area contributed by atoms with Crippen LogP contribution < -0.4 is 5.73 Å². The number of fused-ring (bicyclic) bond motifs is 1. The molecule has 22 heavy (non-hydrogen) atoms. The van der Waals surface area contributed by atoms with E-state index in [1.165, 1.54) is 12.2 Å². The van der Waals surface area contributed by atoms with Gasteiger partial charge in [0, 0.05) is 5.39 Å². The van der Waals surface area contributed by atoms with Crippen LogP contribution in [0.5, 0.6) is 0 Å². The van der Waals surface area contributed by atoms with Gasteiger partial charge in [-0.1, -0.05) is 31.4 Å². The second kappa shape index (κ2) is 6.67. The Kier molecular flexibility index (Phi) is 4.68. The van der Waals surface area contributed by atoms with Gasteiger partial charge in [-0.2, -0.15) is 0 Å². The normalized spacial score (nSPS) is 11.2. The minimum Gasteiger partial charge on any atom is -0.457 e. The summed E-state index contributed by atoms with van der Waals surface area (Å²) in [7, 11) is 0. The standard InChI is InChI=1S/C17H17N3O2/c1-4-6-13(5-2)17(21)22-10-12-7-8-15-14(9-12)16(18)20-11(3)19-15/h4-9H,1-2,10H2,3H3,(H2,18,19,20)/b13-6+. The number of ether oxygens (including phenoxy) is 1. The van der Waals surface area contributed by atoms with E-state index in [1.54, 1.807) is 13.0 Å². The average molecular weight is 295 g/mol. The molecule has 1 heterocycles. The Morgan fingerprint density at radius 2 is 2.14 bits per heavy atom. The zero-order chi connectivity index (χ0) is 16.1. The molecule has 0 fully saturated rings. The monoisotopic (exact) mass is 295 g/mol. The fourth-order valence-electron chi connectivity index (χ4n) is 1.99. The van der Waals surface area contributed by atoms with E-state index < -0.39 is 5.97 Å². The topological polar surface area (TPSA) is 78.1 Å². The molecular formula is C17H17N3O2. The molecule has 0 atom stereocenters. The highest BCUT2D eigenvalue weighted by Gasteiger charge is 2.08. The van der Waals surface area contributed by atoms with E-state index in [9.17, 15) is 4.79 Å². The number of aromatic nitrogens is 2. The van der Waals surface area contributed by atoms with Crippen molar-refractivity contribution >= 4 is 22.7 Å². The van der Waals surface area contributed by atoms with Gasteiger partial charge in [0.25, 0.3) is 0 Å². The molecule has 0 radical (unpaired) electrons. The fraction of sp³-hybridized carbons (Fsp3) is 0.118. The molecule has 5 nitrogen and oxygen atoms in total. The average Bonchev–Trinajstić information content (AvgIpc) is 2.50. The van der Waals surface area contributed by atoms with Crippen molar-refractivity contribution in [2.24, 2.45) is 0 Å². The van der Waals surface area contributed by atoms with Crippen molar-refractivity contribution in [2.75, 3.05) is 5.73 Å². The number of carbonyl (C=O) groups is 1. The van der Waals surface area contributed by atoms with Gasteiger partial charge in [0.2, 0.25) is 0 Å². The third-order valence-electron chi connectivity index (χ3n) is 3.02. The Morgan fingerprint density at radius 1 is 1.36 bits per heavy atom. The van der Waals surface area contributed by atoms with Gasteiger partial charge in [0.1, 0.15) is 18.2 Å². The van der Waals surface area contributed by atoms with E-state index >= 15 is 0 Å². The summed E-state index contributed by atoms with van der Waals surface area (Å²) >= 11 is 0. The molecule has 112 valence electrons. The highest BCUT2D eigenvalue weighted by atomic mass is 16.5. The quantitative estimate of drug-likeness (QED) is 0.521. The third kappa shape index (κ3) is 3.38.